The topological polar surface area (TPSA) is 98.5 Å². The van der Waals surface area contributed by atoms with E-state index in [9.17, 15) is 18.8 Å². The maximum Gasteiger partial charge on any atom is 0.344 e. The molecule has 0 radical (unpaired) electrons. The zero-order valence-electron chi connectivity index (χ0n) is 14.9. The normalized spacial score (nSPS) is 10.7. The minimum absolute atomic E-state index is 0.0896. The highest BCUT2D eigenvalue weighted by Gasteiger charge is 2.25. The molecular formula is C18H19FN2O5. The molecule has 0 spiro atoms. The van der Waals surface area contributed by atoms with Gasteiger partial charge in [-0.15, -0.1) is 0 Å². The van der Waals surface area contributed by atoms with Gasteiger partial charge in [-0.05, 0) is 25.1 Å². The Balaban J connectivity index is 2.08. The summed E-state index contributed by atoms with van der Waals surface area (Å²) in [6.45, 7) is 5.90. The van der Waals surface area contributed by atoms with E-state index in [1.807, 2.05) is 13.8 Å². The number of hydrogen-bond donors (Lipinski definition) is 1. The molecule has 0 aliphatic rings. The van der Waals surface area contributed by atoms with E-state index in [1.54, 1.807) is 6.92 Å². The van der Waals surface area contributed by atoms with Crippen LogP contribution in [-0.4, -0.2) is 29.4 Å². The number of esters is 1. The SMILES string of the molecule is CC(=O)Nc1ccc(C(=O)COC(=O)c2c(C)noc2C(C)C)c(F)c1. The third-order valence-electron chi connectivity index (χ3n) is 3.54. The number of halogens is 1. The third kappa shape index (κ3) is 4.33. The van der Waals surface area contributed by atoms with Crippen molar-refractivity contribution in [3.8, 4) is 0 Å². The molecule has 0 aliphatic heterocycles. The van der Waals surface area contributed by atoms with Gasteiger partial charge >= 0.3 is 5.97 Å². The van der Waals surface area contributed by atoms with Crippen molar-refractivity contribution in [2.45, 2.75) is 33.6 Å². The minimum Gasteiger partial charge on any atom is -0.454 e. The highest BCUT2D eigenvalue weighted by molar-refractivity contribution is 6.00. The van der Waals surface area contributed by atoms with E-state index in [4.69, 9.17) is 9.26 Å². The zero-order chi connectivity index (χ0) is 19.4. The highest BCUT2D eigenvalue weighted by Crippen LogP contribution is 2.23. The monoisotopic (exact) mass is 362 g/mol. The van der Waals surface area contributed by atoms with E-state index in [0.717, 1.165) is 6.07 Å². The molecule has 0 fully saturated rings. The number of hydrogen-bond acceptors (Lipinski definition) is 6. The fraction of sp³-hybridized carbons (Fsp3) is 0.333. The summed E-state index contributed by atoms with van der Waals surface area (Å²) in [6, 6.07) is 3.64. The molecule has 1 heterocycles. The first-order valence-electron chi connectivity index (χ1n) is 7.94. The lowest BCUT2D eigenvalue weighted by molar-refractivity contribution is -0.114. The van der Waals surface area contributed by atoms with E-state index in [0.29, 0.717) is 11.5 Å². The predicted octanol–water partition coefficient (Wildman–Crippen LogP) is 3.24. The maximum atomic E-state index is 14.0. The summed E-state index contributed by atoms with van der Waals surface area (Å²) in [6.07, 6.45) is 0. The van der Waals surface area contributed by atoms with Crippen LogP contribution in [0.25, 0.3) is 0 Å². The van der Waals surface area contributed by atoms with Crippen LogP contribution >= 0.6 is 0 Å². The smallest absolute Gasteiger partial charge is 0.344 e. The van der Waals surface area contributed by atoms with Crippen LogP contribution in [0.1, 0.15) is 58.9 Å². The number of aromatic nitrogens is 1. The number of rotatable bonds is 6. The minimum atomic E-state index is -0.818. The van der Waals surface area contributed by atoms with Crippen LogP contribution in [0.3, 0.4) is 0 Å². The molecule has 26 heavy (non-hydrogen) atoms. The average molecular weight is 362 g/mol. The van der Waals surface area contributed by atoms with Crippen molar-refractivity contribution >= 4 is 23.3 Å². The average Bonchev–Trinajstić information content (AvgIpc) is 2.94. The molecule has 0 bridgehead atoms. The summed E-state index contributed by atoms with van der Waals surface area (Å²) in [5.41, 5.74) is 0.523. The molecule has 2 aromatic rings. The van der Waals surface area contributed by atoms with Crippen LogP contribution in [0.2, 0.25) is 0 Å². The van der Waals surface area contributed by atoms with Crippen molar-refractivity contribution in [3.63, 3.8) is 0 Å². The number of Topliss-reactive ketones (excluding diaryl/α,β-unsaturated/α-hetero) is 1. The fourth-order valence-electron chi connectivity index (χ4n) is 2.33. The first kappa shape index (κ1) is 19.3. The number of carbonyl (C=O) groups is 3. The Kier molecular flexibility index (Phi) is 5.86. The molecule has 0 saturated heterocycles. The Labute approximate surface area is 149 Å². The maximum absolute atomic E-state index is 14.0. The fourth-order valence-corrected chi connectivity index (χ4v) is 2.33. The molecule has 0 aliphatic carbocycles. The summed E-state index contributed by atoms with van der Waals surface area (Å²) in [5.74, 6) is -2.36. The predicted molar refractivity (Wildman–Crippen MR) is 90.6 cm³/mol. The van der Waals surface area contributed by atoms with Gasteiger partial charge in [-0.2, -0.15) is 0 Å². The van der Waals surface area contributed by atoms with Crippen molar-refractivity contribution in [3.05, 3.63) is 46.6 Å². The molecule has 8 heteroatoms. The number of anilines is 1. The Morgan fingerprint density at radius 1 is 1.31 bits per heavy atom. The van der Waals surface area contributed by atoms with E-state index in [-0.39, 0.29) is 28.6 Å². The standard InChI is InChI=1S/C18H19FN2O5/c1-9(2)17-16(10(3)21-26-17)18(24)25-8-15(23)13-6-5-12(7-14(13)19)20-11(4)22/h5-7,9H,8H2,1-4H3,(H,20,22). The Morgan fingerprint density at radius 3 is 2.58 bits per heavy atom. The second-order valence-corrected chi connectivity index (χ2v) is 6.04. The molecule has 0 saturated carbocycles. The van der Waals surface area contributed by atoms with Gasteiger partial charge in [0.05, 0.1) is 11.3 Å². The molecule has 0 unspecified atom stereocenters. The van der Waals surface area contributed by atoms with E-state index in [2.05, 4.69) is 10.5 Å². The van der Waals surface area contributed by atoms with Crippen LogP contribution in [-0.2, 0) is 9.53 Å². The van der Waals surface area contributed by atoms with E-state index in [1.165, 1.54) is 19.1 Å². The van der Waals surface area contributed by atoms with Crippen molar-refractivity contribution in [2.75, 3.05) is 11.9 Å². The number of benzene rings is 1. The van der Waals surface area contributed by atoms with Crippen LogP contribution in [0.4, 0.5) is 10.1 Å². The number of amides is 1. The summed E-state index contributed by atoms with van der Waals surface area (Å²) in [7, 11) is 0. The first-order valence-corrected chi connectivity index (χ1v) is 7.94. The van der Waals surface area contributed by atoms with Crippen molar-refractivity contribution in [1.29, 1.82) is 0 Å². The van der Waals surface area contributed by atoms with Gasteiger partial charge in [0.2, 0.25) is 11.7 Å². The Hall–Kier alpha value is -3.03. The van der Waals surface area contributed by atoms with E-state index >= 15 is 0 Å². The molecule has 2 rings (SSSR count). The molecule has 7 nitrogen and oxygen atoms in total. The lowest BCUT2D eigenvalue weighted by atomic mass is 10.1. The molecule has 1 aromatic heterocycles. The third-order valence-corrected chi connectivity index (χ3v) is 3.54. The molecule has 1 N–H and O–H groups in total. The number of nitrogens with zero attached hydrogens (tertiary/aromatic N) is 1. The van der Waals surface area contributed by atoms with Crippen molar-refractivity contribution in [1.82, 2.24) is 5.16 Å². The van der Waals surface area contributed by atoms with Gasteiger partial charge in [-0.25, -0.2) is 9.18 Å². The van der Waals surface area contributed by atoms with Gasteiger partial charge in [-0.1, -0.05) is 19.0 Å². The van der Waals surface area contributed by atoms with Crippen molar-refractivity contribution in [2.24, 2.45) is 0 Å². The summed E-state index contributed by atoms with van der Waals surface area (Å²) in [4.78, 5) is 35.3. The van der Waals surface area contributed by atoms with Gasteiger partial charge in [0.1, 0.15) is 11.4 Å². The second-order valence-electron chi connectivity index (χ2n) is 6.04. The zero-order valence-corrected chi connectivity index (χ0v) is 14.9. The number of ether oxygens (including phenoxy) is 1. The molecule has 138 valence electrons. The lowest BCUT2D eigenvalue weighted by Gasteiger charge is -2.08. The molecule has 0 atom stereocenters. The van der Waals surface area contributed by atoms with Gasteiger partial charge in [0.15, 0.2) is 12.4 Å². The van der Waals surface area contributed by atoms with Crippen LogP contribution < -0.4 is 5.32 Å². The Bertz CT molecular complexity index is 857. The lowest BCUT2D eigenvalue weighted by Crippen LogP contribution is -2.17. The van der Waals surface area contributed by atoms with Gasteiger partial charge in [-0.3, -0.25) is 9.59 Å². The molecular weight excluding hydrogens is 343 g/mol. The highest BCUT2D eigenvalue weighted by atomic mass is 19.1. The molecule has 1 aromatic carbocycles. The van der Waals surface area contributed by atoms with E-state index < -0.39 is 24.2 Å². The summed E-state index contributed by atoms with van der Waals surface area (Å²) in [5, 5.41) is 6.15. The number of carbonyl (C=O) groups excluding carboxylic acids is 3. The van der Waals surface area contributed by atoms with Crippen LogP contribution in [0.15, 0.2) is 22.7 Å². The van der Waals surface area contributed by atoms with Crippen LogP contribution in [0.5, 0.6) is 0 Å². The quantitative estimate of drug-likeness (QED) is 0.626. The summed E-state index contributed by atoms with van der Waals surface area (Å²) >= 11 is 0. The van der Waals surface area contributed by atoms with Gasteiger partial charge in [0.25, 0.3) is 0 Å². The molecule has 1 amide bonds. The number of nitrogens with one attached hydrogen (secondary N) is 1. The van der Waals surface area contributed by atoms with Crippen LogP contribution in [0, 0.1) is 12.7 Å². The number of ketones is 1. The van der Waals surface area contributed by atoms with Gasteiger partial charge in [0, 0.05) is 18.5 Å². The first-order chi connectivity index (χ1) is 12.2. The second kappa shape index (κ2) is 7.90. The van der Waals surface area contributed by atoms with Gasteiger partial charge < -0.3 is 14.6 Å². The van der Waals surface area contributed by atoms with Crippen molar-refractivity contribution < 1.29 is 28.0 Å². The summed E-state index contributed by atoms with van der Waals surface area (Å²) < 4.78 is 24.1. The Morgan fingerprint density at radius 2 is 2.00 bits per heavy atom. The largest absolute Gasteiger partial charge is 0.454 e. The number of aryl methyl sites for hydroxylation is 1.